The van der Waals surface area contributed by atoms with E-state index in [0.29, 0.717) is 17.5 Å². The lowest BCUT2D eigenvalue weighted by atomic mass is 9.96. The van der Waals surface area contributed by atoms with Crippen molar-refractivity contribution in [1.29, 1.82) is 0 Å². The van der Waals surface area contributed by atoms with Gasteiger partial charge < -0.3 is 0 Å². The fourth-order valence-electron chi connectivity index (χ4n) is 5.43. The largest absolute Gasteiger partial charge is 0.208 e. The second-order valence-electron chi connectivity index (χ2n) is 9.67. The molecule has 0 aliphatic rings. The van der Waals surface area contributed by atoms with Gasteiger partial charge in [0.05, 0.1) is 0 Å². The Morgan fingerprint density at radius 1 is 0.385 bits per heavy atom. The molecule has 0 aliphatic heterocycles. The summed E-state index contributed by atoms with van der Waals surface area (Å²) in [6, 6.07) is 44.4. The molecular formula is C35H21N3S. The molecule has 0 saturated heterocycles. The molecule has 0 spiro atoms. The van der Waals surface area contributed by atoms with Crippen LogP contribution in [0.1, 0.15) is 0 Å². The van der Waals surface area contributed by atoms with Crippen LogP contribution >= 0.6 is 11.3 Å². The Morgan fingerprint density at radius 3 is 1.77 bits per heavy atom. The molecule has 6 aromatic carbocycles. The van der Waals surface area contributed by atoms with Crippen LogP contribution in [0.3, 0.4) is 0 Å². The lowest BCUT2D eigenvalue weighted by Crippen LogP contribution is -2.00. The van der Waals surface area contributed by atoms with Gasteiger partial charge in [0.15, 0.2) is 17.5 Å². The maximum Gasteiger partial charge on any atom is 0.164 e. The van der Waals surface area contributed by atoms with Crippen molar-refractivity contribution >= 4 is 53.1 Å². The van der Waals surface area contributed by atoms with Gasteiger partial charge in [0.2, 0.25) is 0 Å². The molecule has 4 heteroatoms. The molecule has 0 aliphatic carbocycles. The Bertz CT molecular complexity index is 2110. The minimum Gasteiger partial charge on any atom is -0.208 e. The first-order valence-corrected chi connectivity index (χ1v) is 13.8. The van der Waals surface area contributed by atoms with E-state index in [1.165, 1.54) is 36.3 Å². The average molecular weight is 516 g/mol. The highest BCUT2D eigenvalue weighted by Crippen LogP contribution is 2.39. The predicted octanol–water partition coefficient (Wildman–Crippen LogP) is 9.55. The van der Waals surface area contributed by atoms with Gasteiger partial charge in [0.1, 0.15) is 0 Å². The molecule has 0 atom stereocenters. The van der Waals surface area contributed by atoms with E-state index in [2.05, 4.69) is 66.7 Å². The summed E-state index contributed by atoms with van der Waals surface area (Å²) in [5.41, 5.74) is 2.94. The fraction of sp³-hybridized carbons (Fsp3) is 0. The van der Waals surface area contributed by atoms with Gasteiger partial charge in [-0.25, -0.2) is 15.0 Å². The van der Waals surface area contributed by atoms with Crippen LogP contribution in [0.4, 0.5) is 0 Å². The summed E-state index contributed by atoms with van der Waals surface area (Å²) in [6.45, 7) is 0. The molecule has 8 aromatic rings. The van der Waals surface area contributed by atoms with Gasteiger partial charge in [0.25, 0.3) is 0 Å². The third-order valence-corrected chi connectivity index (χ3v) is 8.45. The quantitative estimate of drug-likeness (QED) is 0.220. The summed E-state index contributed by atoms with van der Waals surface area (Å²) in [5, 5.41) is 7.43. The van der Waals surface area contributed by atoms with E-state index >= 15 is 0 Å². The number of aromatic nitrogens is 3. The van der Waals surface area contributed by atoms with Crippen LogP contribution < -0.4 is 0 Å². The molecule has 0 unspecified atom stereocenters. The van der Waals surface area contributed by atoms with E-state index in [9.17, 15) is 0 Å². The lowest BCUT2D eigenvalue weighted by Gasteiger charge is -2.12. The Kier molecular flexibility index (Phi) is 5.00. The molecule has 0 amide bonds. The number of nitrogens with zero attached hydrogens (tertiary/aromatic N) is 3. The van der Waals surface area contributed by atoms with Crippen LogP contribution in [0.25, 0.3) is 75.9 Å². The molecule has 2 aromatic heterocycles. The van der Waals surface area contributed by atoms with E-state index in [1.807, 2.05) is 72.0 Å². The first-order valence-electron chi connectivity index (χ1n) is 13.0. The molecule has 0 bridgehead atoms. The summed E-state index contributed by atoms with van der Waals surface area (Å²) in [5.74, 6) is 2.02. The molecular weight excluding hydrogens is 494 g/mol. The van der Waals surface area contributed by atoms with Gasteiger partial charge >= 0.3 is 0 Å². The Labute approximate surface area is 229 Å². The van der Waals surface area contributed by atoms with Crippen molar-refractivity contribution in [2.45, 2.75) is 0 Å². The highest BCUT2D eigenvalue weighted by Gasteiger charge is 2.15. The number of fused-ring (bicyclic) bond motifs is 6. The van der Waals surface area contributed by atoms with Crippen LogP contribution in [0, 0.1) is 0 Å². The van der Waals surface area contributed by atoms with E-state index in [-0.39, 0.29) is 0 Å². The maximum atomic E-state index is 4.99. The molecule has 0 radical (unpaired) electrons. The average Bonchev–Trinajstić information content (AvgIpc) is 3.38. The topological polar surface area (TPSA) is 38.7 Å². The summed E-state index contributed by atoms with van der Waals surface area (Å²) in [7, 11) is 0. The van der Waals surface area contributed by atoms with Crippen molar-refractivity contribution in [2.75, 3.05) is 0 Å². The fourth-order valence-corrected chi connectivity index (χ4v) is 6.57. The highest BCUT2D eigenvalue weighted by atomic mass is 32.1. The maximum absolute atomic E-state index is 4.99. The number of benzene rings is 6. The molecule has 0 saturated carbocycles. The number of hydrogen-bond acceptors (Lipinski definition) is 4. The molecule has 8 rings (SSSR count). The van der Waals surface area contributed by atoms with Crippen molar-refractivity contribution in [2.24, 2.45) is 0 Å². The zero-order valence-electron chi connectivity index (χ0n) is 20.9. The highest BCUT2D eigenvalue weighted by molar-refractivity contribution is 7.25. The monoisotopic (exact) mass is 515 g/mol. The third kappa shape index (κ3) is 3.69. The van der Waals surface area contributed by atoms with Gasteiger partial charge in [-0.1, -0.05) is 109 Å². The number of hydrogen-bond donors (Lipinski definition) is 0. The van der Waals surface area contributed by atoms with Gasteiger partial charge in [-0.05, 0) is 39.7 Å². The minimum absolute atomic E-state index is 0.670. The summed E-state index contributed by atoms with van der Waals surface area (Å²) in [6.07, 6.45) is 0. The summed E-state index contributed by atoms with van der Waals surface area (Å²) < 4.78 is 2.64. The van der Waals surface area contributed by atoms with Gasteiger partial charge in [-0.3, -0.25) is 0 Å². The number of rotatable bonds is 3. The van der Waals surface area contributed by atoms with Gasteiger partial charge in [-0.2, -0.15) is 0 Å². The Morgan fingerprint density at radius 2 is 1.03 bits per heavy atom. The molecule has 2 heterocycles. The zero-order valence-corrected chi connectivity index (χ0v) is 21.7. The van der Waals surface area contributed by atoms with Crippen molar-refractivity contribution in [3.8, 4) is 34.2 Å². The van der Waals surface area contributed by atoms with Crippen LogP contribution in [0.15, 0.2) is 127 Å². The van der Waals surface area contributed by atoms with E-state index < -0.39 is 0 Å². The second-order valence-corrected chi connectivity index (χ2v) is 10.8. The second kappa shape index (κ2) is 8.83. The van der Waals surface area contributed by atoms with Crippen molar-refractivity contribution < 1.29 is 0 Å². The summed E-state index contributed by atoms with van der Waals surface area (Å²) >= 11 is 1.85. The molecule has 182 valence electrons. The molecule has 3 nitrogen and oxygen atoms in total. The van der Waals surface area contributed by atoms with Crippen molar-refractivity contribution in [1.82, 2.24) is 15.0 Å². The van der Waals surface area contributed by atoms with Crippen LogP contribution in [-0.4, -0.2) is 15.0 Å². The third-order valence-electron chi connectivity index (χ3n) is 7.32. The van der Waals surface area contributed by atoms with Gasteiger partial charge in [-0.15, -0.1) is 11.3 Å². The SMILES string of the molecule is c1ccc(-c2nc(-c3ccccc3)nc(-c3cccc4c3ccc3cc5sc6ccccc6c5cc34)n2)cc1. The lowest BCUT2D eigenvalue weighted by molar-refractivity contribution is 1.08. The van der Waals surface area contributed by atoms with Crippen LogP contribution in [-0.2, 0) is 0 Å². The normalized spacial score (nSPS) is 11.6. The molecule has 0 N–H and O–H groups in total. The smallest absolute Gasteiger partial charge is 0.164 e. The molecule has 39 heavy (non-hydrogen) atoms. The van der Waals surface area contributed by atoms with Crippen LogP contribution in [0.5, 0.6) is 0 Å². The predicted molar refractivity (Wildman–Crippen MR) is 164 cm³/mol. The van der Waals surface area contributed by atoms with Crippen molar-refractivity contribution in [3.05, 3.63) is 127 Å². The summed E-state index contributed by atoms with van der Waals surface area (Å²) in [4.78, 5) is 14.8. The zero-order chi connectivity index (χ0) is 25.8. The standard InChI is InChI=1S/C35H21N3S/c1-3-10-22(11-4-1)33-36-34(23-12-5-2-6-13-23)38-35(37-33)28-16-9-15-25-26(28)19-18-24-20-32-30(21-29(24)25)27-14-7-8-17-31(27)39-32/h1-21H. The Hall–Kier alpha value is -4.93. The van der Waals surface area contributed by atoms with E-state index in [1.54, 1.807) is 0 Å². The van der Waals surface area contributed by atoms with Crippen molar-refractivity contribution in [3.63, 3.8) is 0 Å². The van der Waals surface area contributed by atoms with Crippen LogP contribution in [0.2, 0.25) is 0 Å². The van der Waals surface area contributed by atoms with E-state index in [4.69, 9.17) is 15.0 Å². The Balaban J connectivity index is 1.39. The molecule has 0 fully saturated rings. The first kappa shape index (κ1) is 22.1. The minimum atomic E-state index is 0.670. The number of thiophene rings is 1. The van der Waals surface area contributed by atoms with Gasteiger partial charge in [0, 0.05) is 36.9 Å². The first-order chi connectivity index (χ1) is 19.3. The van der Waals surface area contributed by atoms with E-state index in [0.717, 1.165) is 22.1 Å².